The van der Waals surface area contributed by atoms with Crippen LogP contribution in [0.4, 0.5) is 0 Å². The van der Waals surface area contributed by atoms with Gasteiger partial charge in [-0.1, -0.05) is 25.5 Å². The lowest BCUT2D eigenvalue weighted by molar-refractivity contribution is 0.285. The molecule has 0 saturated heterocycles. The maximum Gasteiger partial charge on any atom is 0.122 e. The molecule has 2 nitrogen and oxygen atoms in total. The largest absolute Gasteiger partial charge is 0.493 e. The molecule has 19 heavy (non-hydrogen) atoms. The zero-order valence-corrected chi connectivity index (χ0v) is 12.0. The average Bonchev–Trinajstić information content (AvgIpc) is 2.93. The molecule has 1 heterocycles. The zero-order valence-electron chi connectivity index (χ0n) is 12.0. The highest BCUT2D eigenvalue weighted by molar-refractivity contribution is 5.39. The van der Waals surface area contributed by atoms with Crippen molar-refractivity contribution in [3.8, 4) is 5.75 Å². The van der Waals surface area contributed by atoms with Crippen molar-refractivity contribution in [1.29, 1.82) is 0 Å². The summed E-state index contributed by atoms with van der Waals surface area (Å²) in [4.78, 5) is 0. The molecule has 0 atom stereocenters. The molecule has 2 heteroatoms. The van der Waals surface area contributed by atoms with E-state index in [4.69, 9.17) is 4.74 Å². The number of rotatable bonds is 4. The van der Waals surface area contributed by atoms with Gasteiger partial charge in [-0.15, -0.1) is 0 Å². The molecular formula is C17H25NO. The minimum atomic E-state index is 0.729. The summed E-state index contributed by atoms with van der Waals surface area (Å²) in [7, 11) is 0. The Labute approximate surface area is 116 Å². The van der Waals surface area contributed by atoms with Crippen LogP contribution in [0.1, 0.15) is 50.2 Å². The van der Waals surface area contributed by atoms with E-state index in [1.807, 2.05) is 0 Å². The predicted molar refractivity (Wildman–Crippen MR) is 78.5 cm³/mol. The van der Waals surface area contributed by atoms with E-state index in [9.17, 15) is 0 Å². The molecule has 1 fully saturated rings. The smallest absolute Gasteiger partial charge is 0.122 e. The van der Waals surface area contributed by atoms with Crippen LogP contribution in [0.2, 0.25) is 0 Å². The van der Waals surface area contributed by atoms with Gasteiger partial charge in [-0.05, 0) is 48.8 Å². The number of hydrogen-bond acceptors (Lipinski definition) is 2. The van der Waals surface area contributed by atoms with Gasteiger partial charge in [0.15, 0.2) is 0 Å². The van der Waals surface area contributed by atoms with Gasteiger partial charge in [-0.2, -0.15) is 0 Å². The summed E-state index contributed by atoms with van der Waals surface area (Å²) < 4.78 is 5.55. The van der Waals surface area contributed by atoms with Crippen molar-refractivity contribution in [2.24, 2.45) is 5.92 Å². The summed E-state index contributed by atoms with van der Waals surface area (Å²) in [6, 6.07) is 7.38. The molecule has 1 aliphatic heterocycles. The van der Waals surface area contributed by atoms with Crippen LogP contribution in [0.25, 0.3) is 0 Å². The van der Waals surface area contributed by atoms with Crippen molar-refractivity contribution in [2.75, 3.05) is 6.61 Å². The first-order valence-corrected chi connectivity index (χ1v) is 7.83. The molecular weight excluding hydrogens is 234 g/mol. The van der Waals surface area contributed by atoms with E-state index in [1.165, 1.54) is 43.2 Å². The van der Waals surface area contributed by atoms with E-state index in [0.717, 1.165) is 37.3 Å². The van der Waals surface area contributed by atoms with Crippen LogP contribution in [-0.4, -0.2) is 12.6 Å². The molecule has 1 aromatic rings. The van der Waals surface area contributed by atoms with Crippen LogP contribution < -0.4 is 10.1 Å². The highest BCUT2D eigenvalue weighted by atomic mass is 16.5. The molecule has 0 aromatic heterocycles. The molecule has 0 unspecified atom stereocenters. The van der Waals surface area contributed by atoms with Crippen LogP contribution in [-0.2, 0) is 13.0 Å². The standard InChI is InChI=1S/C17H25NO/c1-2-13-3-6-16(7-4-13)18-12-14-5-8-17-15(11-14)9-10-19-17/h5,8,11,13,16,18H,2-4,6-7,9-10,12H2,1H3. The molecule has 0 bridgehead atoms. The Hall–Kier alpha value is -1.02. The van der Waals surface area contributed by atoms with Crippen LogP contribution in [0, 0.1) is 5.92 Å². The minimum absolute atomic E-state index is 0.729. The van der Waals surface area contributed by atoms with E-state index >= 15 is 0 Å². The molecule has 0 radical (unpaired) electrons. The third-order valence-corrected chi connectivity index (χ3v) is 4.77. The molecule has 0 spiro atoms. The summed E-state index contributed by atoms with van der Waals surface area (Å²) in [6.45, 7) is 4.19. The van der Waals surface area contributed by atoms with Gasteiger partial charge in [0.05, 0.1) is 6.61 Å². The fourth-order valence-corrected chi connectivity index (χ4v) is 3.39. The molecule has 0 amide bonds. The maximum atomic E-state index is 5.55. The first kappa shape index (κ1) is 13.0. The van der Waals surface area contributed by atoms with E-state index in [1.54, 1.807) is 0 Å². The Morgan fingerprint density at radius 3 is 2.84 bits per heavy atom. The maximum absolute atomic E-state index is 5.55. The Balaban J connectivity index is 1.50. The van der Waals surface area contributed by atoms with E-state index in [-0.39, 0.29) is 0 Å². The van der Waals surface area contributed by atoms with Gasteiger partial charge in [0.25, 0.3) is 0 Å². The van der Waals surface area contributed by atoms with Crippen molar-refractivity contribution in [2.45, 2.75) is 58.0 Å². The summed E-state index contributed by atoms with van der Waals surface area (Å²) >= 11 is 0. The van der Waals surface area contributed by atoms with E-state index < -0.39 is 0 Å². The van der Waals surface area contributed by atoms with Gasteiger partial charge in [0.2, 0.25) is 0 Å². The first-order chi connectivity index (χ1) is 9.35. The molecule has 2 aliphatic rings. The van der Waals surface area contributed by atoms with Crippen LogP contribution in [0.3, 0.4) is 0 Å². The van der Waals surface area contributed by atoms with Crippen LogP contribution >= 0.6 is 0 Å². The lowest BCUT2D eigenvalue weighted by Gasteiger charge is -2.28. The second-order valence-corrected chi connectivity index (χ2v) is 6.05. The Morgan fingerprint density at radius 1 is 1.21 bits per heavy atom. The van der Waals surface area contributed by atoms with Gasteiger partial charge in [-0.3, -0.25) is 0 Å². The number of hydrogen-bond donors (Lipinski definition) is 1. The summed E-state index contributed by atoms with van der Waals surface area (Å²) in [5, 5.41) is 3.73. The fourth-order valence-electron chi connectivity index (χ4n) is 3.39. The molecule has 3 rings (SSSR count). The topological polar surface area (TPSA) is 21.3 Å². The third-order valence-electron chi connectivity index (χ3n) is 4.77. The Kier molecular flexibility index (Phi) is 4.07. The number of benzene rings is 1. The molecule has 104 valence electrons. The summed E-state index contributed by atoms with van der Waals surface area (Å²) in [6.07, 6.45) is 7.96. The zero-order chi connectivity index (χ0) is 13.1. The Bertz CT molecular complexity index is 421. The van der Waals surface area contributed by atoms with Crippen molar-refractivity contribution < 1.29 is 4.74 Å². The van der Waals surface area contributed by atoms with Crippen molar-refractivity contribution in [3.63, 3.8) is 0 Å². The van der Waals surface area contributed by atoms with Gasteiger partial charge in [0.1, 0.15) is 5.75 Å². The van der Waals surface area contributed by atoms with Gasteiger partial charge < -0.3 is 10.1 Å². The van der Waals surface area contributed by atoms with Crippen LogP contribution in [0.15, 0.2) is 18.2 Å². The van der Waals surface area contributed by atoms with Gasteiger partial charge in [-0.25, -0.2) is 0 Å². The van der Waals surface area contributed by atoms with Crippen molar-refractivity contribution >= 4 is 0 Å². The average molecular weight is 259 g/mol. The second kappa shape index (κ2) is 5.96. The van der Waals surface area contributed by atoms with E-state index in [2.05, 4.69) is 30.4 Å². The monoisotopic (exact) mass is 259 g/mol. The van der Waals surface area contributed by atoms with Crippen molar-refractivity contribution in [1.82, 2.24) is 5.32 Å². The van der Waals surface area contributed by atoms with Gasteiger partial charge in [0, 0.05) is 19.0 Å². The summed E-state index contributed by atoms with van der Waals surface area (Å²) in [5.41, 5.74) is 2.79. The van der Waals surface area contributed by atoms with E-state index in [0.29, 0.717) is 0 Å². The van der Waals surface area contributed by atoms with Crippen molar-refractivity contribution in [3.05, 3.63) is 29.3 Å². The highest BCUT2D eigenvalue weighted by Crippen LogP contribution is 2.28. The quantitative estimate of drug-likeness (QED) is 0.890. The van der Waals surface area contributed by atoms with Gasteiger partial charge >= 0.3 is 0 Å². The number of nitrogens with one attached hydrogen (secondary N) is 1. The third kappa shape index (κ3) is 3.11. The predicted octanol–water partition coefficient (Wildman–Crippen LogP) is 3.68. The second-order valence-electron chi connectivity index (χ2n) is 6.05. The summed E-state index contributed by atoms with van der Waals surface area (Å²) in [5.74, 6) is 2.07. The molecule has 1 aliphatic carbocycles. The number of fused-ring (bicyclic) bond motifs is 1. The lowest BCUT2D eigenvalue weighted by atomic mass is 9.84. The molecule has 1 N–H and O–H groups in total. The number of ether oxygens (including phenoxy) is 1. The SMILES string of the molecule is CCC1CCC(NCc2ccc3c(c2)CCO3)CC1. The minimum Gasteiger partial charge on any atom is -0.493 e. The van der Waals surface area contributed by atoms with Crippen LogP contribution in [0.5, 0.6) is 5.75 Å². The normalized spacial score (nSPS) is 25.9. The highest BCUT2D eigenvalue weighted by Gasteiger charge is 2.19. The fraction of sp³-hybridized carbons (Fsp3) is 0.647. The Morgan fingerprint density at radius 2 is 2.05 bits per heavy atom. The lowest BCUT2D eigenvalue weighted by Crippen LogP contribution is -2.32. The first-order valence-electron chi connectivity index (χ1n) is 7.83. The molecule has 1 saturated carbocycles. The molecule has 1 aromatic carbocycles.